The summed E-state index contributed by atoms with van der Waals surface area (Å²) in [6.07, 6.45) is 1.44. The van der Waals surface area contributed by atoms with Crippen molar-refractivity contribution in [2.75, 3.05) is 19.8 Å². The molecule has 0 aliphatic carbocycles. The van der Waals surface area contributed by atoms with Crippen LogP contribution in [0.1, 0.15) is 33.1 Å². The summed E-state index contributed by atoms with van der Waals surface area (Å²) in [5.41, 5.74) is 4.39. The Balaban J connectivity index is 2.55. The molecule has 2 unspecified atom stereocenters. The zero-order valence-corrected chi connectivity index (χ0v) is 11.6. The Morgan fingerprint density at radius 1 is 1.47 bits per heavy atom. The van der Waals surface area contributed by atoms with E-state index in [4.69, 9.17) is 10.5 Å². The number of amides is 1. The van der Waals surface area contributed by atoms with Gasteiger partial charge in [-0.1, -0.05) is 13.8 Å². The normalized spacial score (nSPS) is 24.4. The second-order valence-electron chi connectivity index (χ2n) is 5.67. The molecule has 1 amide bonds. The lowest BCUT2D eigenvalue weighted by molar-refractivity contribution is -0.147. The number of hydrogen-bond donors (Lipinski definition) is 3. The standard InChI is InChI=1S/C13H24N2O4/c1-9(2)5-10(7-14)6-11(16)15-13(12(17)18)3-4-19-8-13/h9-10H,3-8,14H2,1-2H3,(H,15,16)(H,17,18). The summed E-state index contributed by atoms with van der Waals surface area (Å²) in [6, 6.07) is 0. The molecule has 1 rings (SSSR count). The van der Waals surface area contributed by atoms with E-state index in [1.807, 2.05) is 0 Å². The Bertz CT molecular complexity index is 325. The molecule has 0 spiro atoms. The lowest BCUT2D eigenvalue weighted by Crippen LogP contribution is -2.55. The Morgan fingerprint density at radius 3 is 2.58 bits per heavy atom. The maximum absolute atomic E-state index is 12.0. The van der Waals surface area contributed by atoms with Crippen LogP contribution in [-0.4, -0.2) is 42.3 Å². The molecule has 1 aliphatic heterocycles. The van der Waals surface area contributed by atoms with Crippen molar-refractivity contribution < 1.29 is 19.4 Å². The maximum Gasteiger partial charge on any atom is 0.331 e. The second kappa shape index (κ2) is 6.86. The fourth-order valence-corrected chi connectivity index (χ4v) is 2.40. The Kier molecular flexibility index (Phi) is 5.75. The number of carboxylic acids is 1. The number of ether oxygens (including phenoxy) is 1. The molecule has 6 heteroatoms. The smallest absolute Gasteiger partial charge is 0.331 e. The van der Waals surface area contributed by atoms with Gasteiger partial charge in [-0.15, -0.1) is 0 Å². The molecule has 1 fully saturated rings. The van der Waals surface area contributed by atoms with Crippen LogP contribution < -0.4 is 11.1 Å². The molecule has 1 saturated heterocycles. The molecule has 2 atom stereocenters. The first-order valence-electron chi connectivity index (χ1n) is 6.72. The monoisotopic (exact) mass is 272 g/mol. The van der Waals surface area contributed by atoms with Crippen molar-refractivity contribution in [1.29, 1.82) is 0 Å². The topological polar surface area (TPSA) is 102 Å². The highest BCUT2D eigenvalue weighted by Gasteiger charge is 2.43. The summed E-state index contributed by atoms with van der Waals surface area (Å²) < 4.78 is 5.10. The van der Waals surface area contributed by atoms with Crippen LogP contribution in [0.3, 0.4) is 0 Å². The van der Waals surface area contributed by atoms with Crippen molar-refractivity contribution in [2.24, 2.45) is 17.6 Å². The third-order valence-corrected chi connectivity index (χ3v) is 3.42. The molecule has 0 aromatic carbocycles. The molecule has 0 aromatic heterocycles. The minimum Gasteiger partial charge on any atom is -0.479 e. The van der Waals surface area contributed by atoms with E-state index in [0.29, 0.717) is 25.5 Å². The molecule has 4 N–H and O–H groups in total. The van der Waals surface area contributed by atoms with Gasteiger partial charge in [0.25, 0.3) is 0 Å². The molecule has 110 valence electrons. The van der Waals surface area contributed by atoms with Gasteiger partial charge in [0, 0.05) is 19.4 Å². The number of carbonyl (C=O) groups is 2. The molecule has 0 saturated carbocycles. The number of rotatable bonds is 7. The second-order valence-corrected chi connectivity index (χ2v) is 5.67. The van der Waals surface area contributed by atoms with E-state index in [9.17, 15) is 14.7 Å². The minimum atomic E-state index is -1.26. The largest absolute Gasteiger partial charge is 0.479 e. The average Bonchev–Trinajstić information content (AvgIpc) is 2.77. The van der Waals surface area contributed by atoms with Gasteiger partial charge in [0.1, 0.15) is 0 Å². The van der Waals surface area contributed by atoms with Crippen LogP contribution in [0.4, 0.5) is 0 Å². The van der Waals surface area contributed by atoms with Gasteiger partial charge in [0.2, 0.25) is 5.91 Å². The quantitative estimate of drug-likeness (QED) is 0.621. The molecule has 19 heavy (non-hydrogen) atoms. The highest BCUT2D eigenvalue weighted by Crippen LogP contribution is 2.20. The predicted molar refractivity (Wildman–Crippen MR) is 70.6 cm³/mol. The summed E-state index contributed by atoms with van der Waals surface area (Å²) in [5, 5.41) is 11.8. The molecule has 0 radical (unpaired) electrons. The van der Waals surface area contributed by atoms with Crippen LogP contribution in [0.15, 0.2) is 0 Å². The number of carboxylic acid groups (broad SMARTS) is 1. The number of nitrogens with one attached hydrogen (secondary N) is 1. The van der Waals surface area contributed by atoms with E-state index in [0.717, 1.165) is 6.42 Å². The maximum atomic E-state index is 12.0. The van der Waals surface area contributed by atoms with Gasteiger partial charge in [-0.3, -0.25) is 4.79 Å². The fraction of sp³-hybridized carbons (Fsp3) is 0.846. The summed E-state index contributed by atoms with van der Waals surface area (Å²) in [6.45, 7) is 4.97. The van der Waals surface area contributed by atoms with Gasteiger partial charge < -0.3 is 20.9 Å². The van der Waals surface area contributed by atoms with Gasteiger partial charge in [-0.25, -0.2) is 4.79 Å². The number of nitrogens with two attached hydrogens (primary N) is 1. The van der Waals surface area contributed by atoms with E-state index < -0.39 is 11.5 Å². The summed E-state index contributed by atoms with van der Waals surface area (Å²) >= 11 is 0. The Morgan fingerprint density at radius 2 is 2.16 bits per heavy atom. The van der Waals surface area contributed by atoms with E-state index in [-0.39, 0.29) is 24.9 Å². The molecule has 1 aliphatic rings. The molecule has 0 aromatic rings. The van der Waals surface area contributed by atoms with E-state index in [1.165, 1.54) is 0 Å². The SMILES string of the molecule is CC(C)CC(CN)CC(=O)NC1(C(=O)O)CCOC1. The minimum absolute atomic E-state index is 0.0333. The zero-order chi connectivity index (χ0) is 14.5. The molecular formula is C13H24N2O4. The van der Waals surface area contributed by atoms with Crippen LogP contribution in [0.5, 0.6) is 0 Å². The average molecular weight is 272 g/mol. The highest BCUT2D eigenvalue weighted by atomic mass is 16.5. The van der Waals surface area contributed by atoms with E-state index >= 15 is 0 Å². The van der Waals surface area contributed by atoms with Crippen molar-refractivity contribution in [3.8, 4) is 0 Å². The van der Waals surface area contributed by atoms with Crippen LogP contribution in [-0.2, 0) is 14.3 Å². The Hall–Kier alpha value is -1.14. The van der Waals surface area contributed by atoms with Crippen molar-refractivity contribution in [2.45, 2.75) is 38.6 Å². The number of carbonyl (C=O) groups excluding carboxylic acids is 1. The summed E-state index contributed by atoms with van der Waals surface area (Å²) in [4.78, 5) is 23.2. The molecule has 1 heterocycles. The molecule has 6 nitrogen and oxygen atoms in total. The summed E-state index contributed by atoms with van der Waals surface area (Å²) in [5.74, 6) is -0.742. The third-order valence-electron chi connectivity index (χ3n) is 3.42. The van der Waals surface area contributed by atoms with Crippen molar-refractivity contribution >= 4 is 11.9 Å². The Labute approximate surface area is 113 Å². The molecular weight excluding hydrogens is 248 g/mol. The van der Waals surface area contributed by atoms with Crippen LogP contribution >= 0.6 is 0 Å². The lowest BCUT2D eigenvalue weighted by Gasteiger charge is -2.25. The lowest BCUT2D eigenvalue weighted by atomic mass is 9.92. The van der Waals surface area contributed by atoms with Gasteiger partial charge in [-0.2, -0.15) is 0 Å². The number of hydrogen-bond acceptors (Lipinski definition) is 4. The molecule has 0 bridgehead atoms. The van der Waals surface area contributed by atoms with Crippen molar-refractivity contribution in [1.82, 2.24) is 5.32 Å². The highest BCUT2D eigenvalue weighted by molar-refractivity contribution is 5.87. The van der Waals surface area contributed by atoms with Gasteiger partial charge in [-0.05, 0) is 24.8 Å². The van der Waals surface area contributed by atoms with E-state index in [1.54, 1.807) is 0 Å². The first kappa shape index (κ1) is 15.9. The fourth-order valence-electron chi connectivity index (χ4n) is 2.40. The summed E-state index contributed by atoms with van der Waals surface area (Å²) in [7, 11) is 0. The van der Waals surface area contributed by atoms with Gasteiger partial charge >= 0.3 is 5.97 Å². The van der Waals surface area contributed by atoms with Crippen molar-refractivity contribution in [3.63, 3.8) is 0 Å². The van der Waals surface area contributed by atoms with Gasteiger partial charge in [0.05, 0.1) is 6.61 Å². The van der Waals surface area contributed by atoms with Crippen LogP contribution in [0.2, 0.25) is 0 Å². The zero-order valence-electron chi connectivity index (χ0n) is 11.6. The first-order valence-corrected chi connectivity index (χ1v) is 6.72. The van der Waals surface area contributed by atoms with Crippen LogP contribution in [0.25, 0.3) is 0 Å². The van der Waals surface area contributed by atoms with Crippen molar-refractivity contribution in [3.05, 3.63) is 0 Å². The third kappa shape index (κ3) is 4.47. The first-order chi connectivity index (χ1) is 8.89. The predicted octanol–water partition coefficient (Wildman–Crippen LogP) is 0.357. The van der Waals surface area contributed by atoms with E-state index in [2.05, 4.69) is 19.2 Å². The number of aliphatic carboxylic acids is 1. The van der Waals surface area contributed by atoms with Gasteiger partial charge in [0.15, 0.2) is 5.54 Å². The van der Waals surface area contributed by atoms with Crippen LogP contribution in [0, 0.1) is 11.8 Å².